The van der Waals surface area contributed by atoms with Gasteiger partial charge in [0.2, 0.25) is 5.91 Å². The molecule has 1 fully saturated rings. The lowest BCUT2D eigenvalue weighted by atomic mass is 9.92. The second kappa shape index (κ2) is 4.88. The summed E-state index contributed by atoms with van der Waals surface area (Å²) in [5.41, 5.74) is 1.77. The van der Waals surface area contributed by atoms with Gasteiger partial charge in [-0.15, -0.1) is 0 Å². The number of hydrogen-bond acceptors (Lipinski definition) is 2. The minimum Gasteiger partial charge on any atom is -0.330 e. The van der Waals surface area contributed by atoms with Gasteiger partial charge in [0.05, 0.1) is 11.6 Å². The number of allylic oxidation sites excluding steroid dienone is 1. The van der Waals surface area contributed by atoms with Crippen LogP contribution in [0, 0.1) is 5.82 Å². The zero-order valence-corrected chi connectivity index (χ0v) is 10.7. The van der Waals surface area contributed by atoms with E-state index in [1.54, 1.807) is 6.20 Å². The maximum Gasteiger partial charge on any atom is 0.233 e. The first-order chi connectivity index (χ1) is 8.49. The van der Waals surface area contributed by atoms with Gasteiger partial charge in [-0.2, -0.15) is 0 Å². The van der Waals surface area contributed by atoms with Gasteiger partial charge in [-0.05, 0) is 30.4 Å². The standard InChI is InChI=1S/C14H17FN2O/c1-8(2)10-6-12(15)13(16-7-10)11-5-4-9(3)17-14(11)18/h6-8,11H,3-5H2,1-2H3,(H,17,18)/t11-/m0/s1. The van der Waals surface area contributed by atoms with Crippen molar-refractivity contribution in [2.24, 2.45) is 0 Å². The Morgan fingerprint density at radius 1 is 1.56 bits per heavy atom. The number of pyridine rings is 1. The highest BCUT2D eigenvalue weighted by Gasteiger charge is 2.29. The molecule has 2 heterocycles. The zero-order chi connectivity index (χ0) is 13.3. The molecule has 1 amide bonds. The van der Waals surface area contributed by atoms with E-state index in [-0.39, 0.29) is 17.5 Å². The number of carbonyl (C=O) groups is 1. The molecule has 1 N–H and O–H groups in total. The third kappa shape index (κ3) is 2.42. The largest absolute Gasteiger partial charge is 0.330 e. The third-order valence-corrected chi connectivity index (χ3v) is 3.24. The van der Waals surface area contributed by atoms with Crippen LogP contribution in [0.5, 0.6) is 0 Å². The summed E-state index contributed by atoms with van der Waals surface area (Å²) >= 11 is 0. The lowest BCUT2D eigenvalue weighted by molar-refractivity contribution is -0.123. The average molecular weight is 248 g/mol. The van der Waals surface area contributed by atoms with Gasteiger partial charge in [-0.25, -0.2) is 4.39 Å². The smallest absolute Gasteiger partial charge is 0.233 e. The Labute approximate surface area is 106 Å². The molecule has 2 rings (SSSR count). The molecule has 18 heavy (non-hydrogen) atoms. The van der Waals surface area contributed by atoms with Gasteiger partial charge < -0.3 is 5.32 Å². The monoisotopic (exact) mass is 248 g/mol. The van der Waals surface area contributed by atoms with Gasteiger partial charge in [0.25, 0.3) is 0 Å². The van der Waals surface area contributed by atoms with Crippen LogP contribution in [0.4, 0.5) is 4.39 Å². The minimum absolute atomic E-state index is 0.213. The maximum atomic E-state index is 14.0. The molecule has 0 bridgehead atoms. The molecule has 0 aromatic carbocycles. The number of nitrogens with one attached hydrogen (secondary N) is 1. The molecule has 1 atom stereocenters. The summed E-state index contributed by atoms with van der Waals surface area (Å²) in [6, 6.07) is 1.48. The number of amides is 1. The fourth-order valence-electron chi connectivity index (χ4n) is 2.07. The van der Waals surface area contributed by atoms with Crippen LogP contribution < -0.4 is 5.32 Å². The average Bonchev–Trinajstić information content (AvgIpc) is 2.30. The Kier molecular flexibility index (Phi) is 3.45. The van der Waals surface area contributed by atoms with Crippen molar-refractivity contribution in [2.75, 3.05) is 0 Å². The Morgan fingerprint density at radius 2 is 2.28 bits per heavy atom. The topological polar surface area (TPSA) is 42.0 Å². The van der Waals surface area contributed by atoms with Crippen molar-refractivity contribution < 1.29 is 9.18 Å². The van der Waals surface area contributed by atoms with Crippen molar-refractivity contribution in [1.29, 1.82) is 0 Å². The van der Waals surface area contributed by atoms with Gasteiger partial charge >= 0.3 is 0 Å². The molecule has 0 spiro atoms. The van der Waals surface area contributed by atoms with E-state index in [0.717, 1.165) is 5.56 Å². The van der Waals surface area contributed by atoms with E-state index in [1.807, 2.05) is 13.8 Å². The van der Waals surface area contributed by atoms with Crippen molar-refractivity contribution in [3.05, 3.63) is 41.6 Å². The molecular formula is C14H17FN2O. The predicted octanol–water partition coefficient (Wildman–Crippen LogP) is 2.85. The second-order valence-electron chi connectivity index (χ2n) is 4.97. The van der Waals surface area contributed by atoms with Crippen molar-refractivity contribution >= 4 is 5.91 Å². The fourth-order valence-corrected chi connectivity index (χ4v) is 2.07. The normalized spacial score (nSPS) is 20.1. The summed E-state index contributed by atoms with van der Waals surface area (Å²) in [6.45, 7) is 7.67. The first kappa shape index (κ1) is 12.7. The Morgan fingerprint density at radius 3 is 2.83 bits per heavy atom. The molecule has 0 radical (unpaired) electrons. The van der Waals surface area contributed by atoms with Crippen molar-refractivity contribution in [1.82, 2.24) is 10.3 Å². The molecule has 1 aromatic rings. The van der Waals surface area contributed by atoms with Crippen LogP contribution in [0.3, 0.4) is 0 Å². The minimum atomic E-state index is -0.503. The molecule has 3 nitrogen and oxygen atoms in total. The van der Waals surface area contributed by atoms with Crippen LogP contribution in [-0.2, 0) is 4.79 Å². The first-order valence-electron chi connectivity index (χ1n) is 6.13. The Balaban J connectivity index is 2.28. The third-order valence-electron chi connectivity index (χ3n) is 3.24. The highest BCUT2D eigenvalue weighted by molar-refractivity contribution is 5.85. The number of nitrogens with zero attached hydrogens (tertiary/aromatic N) is 1. The van der Waals surface area contributed by atoms with Crippen molar-refractivity contribution in [3.63, 3.8) is 0 Å². The van der Waals surface area contributed by atoms with E-state index in [9.17, 15) is 9.18 Å². The summed E-state index contributed by atoms with van der Waals surface area (Å²) in [7, 11) is 0. The first-order valence-corrected chi connectivity index (χ1v) is 6.13. The molecule has 1 aliphatic heterocycles. The van der Waals surface area contributed by atoms with Crippen molar-refractivity contribution in [2.45, 2.75) is 38.5 Å². The fraction of sp³-hybridized carbons (Fsp3) is 0.429. The van der Waals surface area contributed by atoms with E-state index >= 15 is 0 Å². The summed E-state index contributed by atoms with van der Waals surface area (Å²) in [4.78, 5) is 15.9. The van der Waals surface area contributed by atoms with Crippen LogP contribution in [-0.4, -0.2) is 10.9 Å². The molecule has 0 saturated carbocycles. The predicted molar refractivity (Wildman–Crippen MR) is 67.5 cm³/mol. The van der Waals surface area contributed by atoms with Gasteiger partial charge in [0.1, 0.15) is 5.82 Å². The molecule has 0 unspecified atom stereocenters. The summed E-state index contributed by atoms with van der Waals surface area (Å²) in [5, 5.41) is 2.65. The summed E-state index contributed by atoms with van der Waals surface area (Å²) in [5.74, 6) is -0.887. The molecule has 1 aromatic heterocycles. The SMILES string of the molecule is C=C1CC[C@@H](c2ncc(C(C)C)cc2F)C(=O)N1. The molecule has 4 heteroatoms. The van der Waals surface area contributed by atoms with Gasteiger partial charge in [0, 0.05) is 11.9 Å². The number of hydrogen-bond donors (Lipinski definition) is 1. The lowest BCUT2D eigenvalue weighted by Crippen LogP contribution is -2.34. The quantitative estimate of drug-likeness (QED) is 0.874. The van der Waals surface area contributed by atoms with Gasteiger partial charge in [-0.1, -0.05) is 20.4 Å². The lowest BCUT2D eigenvalue weighted by Gasteiger charge is -2.23. The van der Waals surface area contributed by atoms with E-state index in [0.29, 0.717) is 18.5 Å². The van der Waals surface area contributed by atoms with E-state index in [1.165, 1.54) is 6.07 Å². The second-order valence-corrected chi connectivity index (χ2v) is 4.97. The highest BCUT2D eigenvalue weighted by Crippen LogP contribution is 2.28. The number of halogens is 1. The maximum absolute atomic E-state index is 14.0. The molecule has 96 valence electrons. The van der Waals surface area contributed by atoms with Gasteiger partial charge in [-0.3, -0.25) is 9.78 Å². The number of aromatic nitrogens is 1. The Hall–Kier alpha value is -1.71. The van der Waals surface area contributed by atoms with E-state index in [4.69, 9.17) is 0 Å². The van der Waals surface area contributed by atoms with Crippen LogP contribution in [0.1, 0.15) is 49.8 Å². The summed E-state index contributed by atoms with van der Waals surface area (Å²) in [6.07, 6.45) is 2.89. The number of piperidine rings is 1. The molecule has 0 aliphatic carbocycles. The van der Waals surface area contributed by atoms with Crippen LogP contribution >= 0.6 is 0 Å². The van der Waals surface area contributed by atoms with Crippen LogP contribution in [0.15, 0.2) is 24.5 Å². The molecule has 1 aliphatic rings. The van der Waals surface area contributed by atoms with Crippen molar-refractivity contribution in [3.8, 4) is 0 Å². The number of rotatable bonds is 2. The van der Waals surface area contributed by atoms with E-state index < -0.39 is 11.7 Å². The highest BCUT2D eigenvalue weighted by atomic mass is 19.1. The van der Waals surface area contributed by atoms with E-state index in [2.05, 4.69) is 16.9 Å². The molecule has 1 saturated heterocycles. The molecular weight excluding hydrogens is 231 g/mol. The zero-order valence-electron chi connectivity index (χ0n) is 10.7. The Bertz CT molecular complexity index is 497. The summed E-state index contributed by atoms with van der Waals surface area (Å²) < 4.78 is 14.0. The van der Waals surface area contributed by atoms with Crippen LogP contribution in [0.25, 0.3) is 0 Å². The number of carbonyl (C=O) groups excluding carboxylic acids is 1. The van der Waals surface area contributed by atoms with Crippen LogP contribution in [0.2, 0.25) is 0 Å². The van der Waals surface area contributed by atoms with Gasteiger partial charge in [0.15, 0.2) is 0 Å².